The first-order valence-corrected chi connectivity index (χ1v) is 7.48. The highest BCUT2D eigenvalue weighted by Gasteiger charge is 2.23. The molecule has 1 aromatic carbocycles. The molecular weight excluding hydrogens is 296 g/mol. The van der Waals surface area contributed by atoms with Gasteiger partial charge in [-0.15, -0.1) is 0 Å². The molecule has 1 aliphatic heterocycles. The molecule has 1 aromatic heterocycles. The van der Waals surface area contributed by atoms with Crippen LogP contribution in [0.25, 0.3) is 11.1 Å². The van der Waals surface area contributed by atoms with Crippen LogP contribution in [-0.4, -0.2) is 34.8 Å². The fourth-order valence-corrected chi connectivity index (χ4v) is 3.18. The summed E-state index contributed by atoms with van der Waals surface area (Å²) in [4.78, 5) is 2.80. The summed E-state index contributed by atoms with van der Waals surface area (Å²) in [6.45, 7) is 6.65. The molecule has 0 spiro atoms. The van der Waals surface area contributed by atoms with Gasteiger partial charge in [-0.1, -0.05) is 11.6 Å². The molecule has 2 unspecified atom stereocenters. The predicted octanol–water partition coefficient (Wildman–Crippen LogP) is 3.68. The fraction of sp³-hybridized carbons (Fsp3) is 0.500. The summed E-state index contributed by atoms with van der Waals surface area (Å²) in [7, 11) is 0. The summed E-state index contributed by atoms with van der Waals surface area (Å²) in [5, 5.41) is 0.686. The van der Waals surface area contributed by atoms with Crippen molar-refractivity contribution < 1.29 is 9.15 Å². The van der Waals surface area contributed by atoms with Crippen molar-refractivity contribution in [2.75, 3.05) is 13.1 Å². The smallest absolute Gasteiger partial charge is 0.270 e. The zero-order valence-corrected chi connectivity index (χ0v) is 13.1. The molecule has 1 fully saturated rings. The minimum Gasteiger partial charge on any atom is -0.429 e. The molecule has 2 heterocycles. The van der Waals surface area contributed by atoms with E-state index in [2.05, 4.69) is 18.7 Å². The maximum atomic E-state index is 6.07. The van der Waals surface area contributed by atoms with Crippen LogP contribution in [0, 0.1) is 4.84 Å². The van der Waals surface area contributed by atoms with E-state index in [9.17, 15) is 0 Å². The van der Waals surface area contributed by atoms with Crippen molar-refractivity contribution in [1.82, 2.24) is 9.47 Å². The Morgan fingerprint density at radius 3 is 2.70 bits per heavy atom. The van der Waals surface area contributed by atoms with Gasteiger partial charge < -0.3 is 9.15 Å². The number of fused-ring (bicyclic) bond motifs is 1. The Hall–Kier alpha value is -0.880. The predicted molar refractivity (Wildman–Crippen MR) is 81.6 cm³/mol. The first-order valence-electron chi connectivity index (χ1n) is 6.69. The van der Waals surface area contributed by atoms with Crippen molar-refractivity contribution in [3.05, 3.63) is 28.1 Å². The second kappa shape index (κ2) is 5.48. The molecule has 1 aliphatic rings. The van der Waals surface area contributed by atoms with Crippen molar-refractivity contribution in [3.8, 4) is 0 Å². The molecular formula is C14H17ClN2O2S. The van der Waals surface area contributed by atoms with Crippen molar-refractivity contribution in [1.29, 1.82) is 0 Å². The third-order valence-electron chi connectivity index (χ3n) is 3.47. The summed E-state index contributed by atoms with van der Waals surface area (Å²) < 4.78 is 13.3. The van der Waals surface area contributed by atoms with Gasteiger partial charge in [0.25, 0.3) is 4.84 Å². The van der Waals surface area contributed by atoms with Gasteiger partial charge >= 0.3 is 0 Å². The van der Waals surface area contributed by atoms with Crippen LogP contribution in [-0.2, 0) is 11.4 Å². The average molecular weight is 313 g/mol. The van der Waals surface area contributed by atoms with Crippen LogP contribution in [0.1, 0.15) is 13.8 Å². The lowest BCUT2D eigenvalue weighted by atomic mass is 10.2. The SMILES string of the molecule is CC1CN(Cn2c(=S)oc3ccc(Cl)cc32)CC(C)O1. The molecule has 0 bridgehead atoms. The molecule has 0 N–H and O–H groups in total. The van der Waals surface area contributed by atoms with Crippen LogP contribution in [0.2, 0.25) is 5.02 Å². The zero-order valence-electron chi connectivity index (χ0n) is 11.5. The van der Waals surface area contributed by atoms with Gasteiger partial charge in [-0.05, 0) is 44.3 Å². The first kappa shape index (κ1) is 14.1. The molecule has 108 valence electrons. The number of hydrogen-bond donors (Lipinski definition) is 0. The zero-order chi connectivity index (χ0) is 14.3. The number of rotatable bonds is 2. The maximum Gasteiger partial charge on any atom is 0.270 e. The molecule has 3 rings (SSSR count). The highest BCUT2D eigenvalue weighted by Crippen LogP contribution is 2.23. The van der Waals surface area contributed by atoms with Crippen LogP contribution >= 0.6 is 23.8 Å². The fourth-order valence-electron chi connectivity index (χ4n) is 2.77. The van der Waals surface area contributed by atoms with Gasteiger partial charge in [-0.2, -0.15) is 0 Å². The quantitative estimate of drug-likeness (QED) is 0.791. The van der Waals surface area contributed by atoms with Gasteiger partial charge in [-0.25, -0.2) is 0 Å². The van der Waals surface area contributed by atoms with E-state index in [1.54, 1.807) is 0 Å². The third kappa shape index (κ3) is 2.76. The Bertz CT molecular complexity index is 671. The van der Waals surface area contributed by atoms with E-state index in [0.29, 0.717) is 16.5 Å². The summed E-state index contributed by atoms with van der Waals surface area (Å²) in [6, 6.07) is 5.56. The molecule has 2 atom stereocenters. The van der Waals surface area contributed by atoms with E-state index in [0.717, 1.165) is 24.2 Å². The van der Waals surface area contributed by atoms with Gasteiger partial charge in [0.2, 0.25) is 0 Å². The summed E-state index contributed by atoms with van der Waals surface area (Å²) in [5.74, 6) is 0. The van der Waals surface area contributed by atoms with E-state index in [1.165, 1.54) is 0 Å². The molecule has 0 radical (unpaired) electrons. The number of morpholine rings is 1. The second-order valence-corrected chi connectivity index (χ2v) is 6.13. The Labute approximate surface area is 127 Å². The largest absolute Gasteiger partial charge is 0.429 e. The molecule has 0 saturated carbocycles. The number of oxazole rings is 1. The Kier molecular flexibility index (Phi) is 3.86. The molecule has 2 aromatic rings. The minimum atomic E-state index is 0.231. The molecule has 4 nitrogen and oxygen atoms in total. The Balaban J connectivity index is 1.92. The lowest BCUT2D eigenvalue weighted by Crippen LogP contribution is -2.45. The number of halogens is 1. The van der Waals surface area contributed by atoms with E-state index < -0.39 is 0 Å². The highest BCUT2D eigenvalue weighted by molar-refractivity contribution is 7.71. The Morgan fingerprint density at radius 1 is 1.30 bits per heavy atom. The monoisotopic (exact) mass is 312 g/mol. The molecule has 20 heavy (non-hydrogen) atoms. The number of benzene rings is 1. The Morgan fingerprint density at radius 2 is 2.00 bits per heavy atom. The van der Waals surface area contributed by atoms with E-state index in [1.807, 2.05) is 22.8 Å². The van der Waals surface area contributed by atoms with Gasteiger partial charge in [0, 0.05) is 18.1 Å². The molecule has 0 aliphatic carbocycles. The van der Waals surface area contributed by atoms with Gasteiger partial charge in [-0.3, -0.25) is 9.47 Å². The van der Waals surface area contributed by atoms with Crippen LogP contribution in [0.4, 0.5) is 0 Å². The number of nitrogens with zero attached hydrogens (tertiary/aromatic N) is 2. The van der Waals surface area contributed by atoms with Gasteiger partial charge in [0.15, 0.2) is 5.58 Å². The minimum absolute atomic E-state index is 0.231. The van der Waals surface area contributed by atoms with E-state index in [-0.39, 0.29) is 12.2 Å². The normalized spacial score (nSPS) is 24.4. The van der Waals surface area contributed by atoms with Crippen LogP contribution in [0.5, 0.6) is 0 Å². The summed E-state index contributed by atoms with van der Waals surface area (Å²) >= 11 is 11.4. The van der Waals surface area contributed by atoms with E-state index >= 15 is 0 Å². The van der Waals surface area contributed by atoms with Gasteiger partial charge in [0.1, 0.15) is 0 Å². The molecule has 6 heteroatoms. The number of ether oxygens (including phenoxy) is 1. The first-order chi connectivity index (χ1) is 9.52. The lowest BCUT2D eigenvalue weighted by Gasteiger charge is -2.35. The van der Waals surface area contributed by atoms with Crippen molar-refractivity contribution in [3.63, 3.8) is 0 Å². The standard InChI is InChI=1S/C14H17ClN2O2S/c1-9-6-16(7-10(2)18-9)8-17-12-5-11(15)3-4-13(12)19-14(17)20/h3-5,9-10H,6-8H2,1-2H3. The lowest BCUT2D eigenvalue weighted by molar-refractivity contribution is -0.0764. The van der Waals surface area contributed by atoms with Gasteiger partial charge in [0.05, 0.1) is 24.4 Å². The van der Waals surface area contributed by atoms with Crippen LogP contribution < -0.4 is 0 Å². The van der Waals surface area contributed by atoms with Crippen LogP contribution in [0.3, 0.4) is 0 Å². The molecule has 0 amide bonds. The summed E-state index contributed by atoms with van der Waals surface area (Å²) in [5.41, 5.74) is 1.71. The third-order valence-corrected chi connectivity index (χ3v) is 4.00. The number of aromatic nitrogens is 1. The van der Waals surface area contributed by atoms with E-state index in [4.69, 9.17) is 33.0 Å². The second-order valence-electron chi connectivity index (χ2n) is 5.34. The van der Waals surface area contributed by atoms with Crippen molar-refractivity contribution >= 4 is 34.9 Å². The highest BCUT2D eigenvalue weighted by atomic mass is 35.5. The van der Waals surface area contributed by atoms with Crippen LogP contribution in [0.15, 0.2) is 22.6 Å². The summed E-state index contributed by atoms with van der Waals surface area (Å²) in [6.07, 6.45) is 0.462. The topological polar surface area (TPSA) is 30.5 Å². The van der Waals surface area contributed by atoms with Crippen molar-refractivity contribution in [2.45, 2.75) is 32.7 Å². The maximum absolute atomic E-state index is 6.07. The van der Waals surface area contributed by atoms with Crippen molar-refractivity contribution in [2.24, 2.45) is 0 Å². The number of hydrogen-bond acceptors (Lipinski definition) is 4. The molecule has 1 saturated heterocycles. The average Bonchev–Trinajstić information content (AvgIpc) is 2.65.